The van der Waals surface area contributed by atoms with Crippen LogP contribution in [0.15, 0.2) is 30.7 Å². The maximum absolute atomic E-state index is 5.83. The largest absolute Gasteiger partial charge is 0.435 e. The highest BCUT2D eigenvalue weighted by Crippen LogP contribution is 2.22. The Hall–Kier alpha value is -1.88. The number of aryl methyl sites for hydroxylation is 1. The van der Waals surface area contributed by atoms with Crippen molar-refractivity contribution in [1.82, 2.24) is 20.1 Å². The molecule has 0 saturated heterocycles. The second kappa shape index (κ2) is 7.05. The SMILES string of the molecule is CCCn1cc(Oc2ncccc2CNC(C)C)cn1. The van der Waals surface area contributed by atoms with E-state index < -0.39 is 0 Å². The monoisotopic (exact) mass is 274 g/mol. The Balaban J connectivity index is 2.07. The van der Waals surface area contributed by atoms with Crippen LogP contribution in [0.25, 0.3) is 0 Å². The van der Waals surface area contributed by atoms with Gasteiger partial charge in [-0.05, 0) is 12.5 Å². The number of rotatable bonds is 7. The van der Waals surface area contributed by atoms with E-state index in [0.29, 0.717) is 11.9 Å². The lowest BCUT2D eigenvalue weighted by atomic mass is 10.2. The second-order valence-corrected chi connectivity index (χ2v) is 5.04. The average molecular weight is 274 g/mol. The van der Waals surface area contributed by atoms with Crippen LogP contribution in [-0.2, 0) is 13.1 Å². The van der Waals surface area contributed by atoms with E-state index in [-0.39, 0.29) is 0 Å². The summed E-state index contributed by atoms with van der Waals surface area (Å²) in [6, 6.07) is 4.37. The fraction of sp³-hybridized carbons (Fsp3) is 0.467. The fourth-order valence-corrected chi connectivity index (χ4v) is 1.82. The quantitative estimate of drug-likeness (QED) is 0.843. The molecule has 0 fully saturated rings. The molecule has 0 aliphatic rings. The number of pyridine rings is 1. The Bertz CT molecular complexity index is 536. The van der Waals surface area contributed by atoms with Crippen molar-refractivity contribution in [2.45, 2.75) is 46.3 Å². The van der Waals surface area contributed by atoms with Crippen molar-refractivity contribution in [3.05, 3.63) is 36.3 Å². The molecule has 0 atom stereocenters. The van der Waals surface area contributed by atoms with Gasteiger partial charge in [0.1, 0.15) is 0 Å². The molecule has 5 nitrogen and oxygen atoms in total. The van der Waals surface area contributed by atoms with Gasteiger partial charge in [-0.15, -0.1) is 0 Å². The van der Waals surface area contributed by atoms with E-state index >= 15 is 0 Å². The number of nitrogens with one attached hydrogen (secondary N) is 1. The molecule has 0 aliphatic heterocycles. The molecule has 0 unspecified atom stereocenters. The van der Waals surface area contributed by atoms with Gasteiger partial charge >= 0.3 is 0 Å². The zero-order valence-electron chi connectivity index (χ0n) is 12.3. The lowest BCUT2D eigenvalue weighted by molar-refractivity contribution is 0.449. The molecule has 2 rings (SSSR count). The van der Waals surface area contributed by atoms with Gasteiger partial charge in [0, 0.05) is 30.9 Å². The second-order valence-electron chi connectivity index (χ2n) is 5.04. The minimum Gasteiger partial charge on any atom is -0.435 e. The normalized spacial score (nSPS) is 11.0. The molecular weight excluding hydrogens is 252 g/mol. The van der Waals surface area contributed by atoms with Gasteiger partial charge in [-0.3, -0.25) is 4.68 Å². The lowest BCUT2D eigenvalue weighted by Crippen LogP contribution is -2.22. The van der Waals surface area contributed by atoms with Crippen LogP contribution >= 0.6 is 0 Å². The zero-order chi connectivity index (χ0) is 14.4. The van der Waals surface area contributed by atoms with Crippen molar-refractivity contribution < 1.29 is 4.74 Å². The summed E-state index contributed by atoms with van der Waals surface area (Å²) >= 11 is 0. The van der Waals surface area contributed by atoms with E-state index in [1.165, 1.54) is 0 Å². The van der Waals surface area contributed by atoms with Gasteiger partial charge in [-0.25, -0.2) is 4.98 Å². The van der Waals surface area contributed by atoms with Gasteiger partial charge in [0.2, 0.25) is 5.88 Å². The van der Waals surface area contributed by atoms with Gasteiger partial charge in [0.15, 0.2) is 5.75 Å². The maximum Gasteiger partial charge on any atom is 0.223 e. The van der Waals surface area contributed by atoms with E-state index in [2.05, 4.69) is 36.2 Å². The summed E-state index contributed by atoms with van der Waals surface area (Å²) in [4.78, 5) is 4.31. The van der Waals surface area contributed by atoms with Gasteiger partial charge in [-0.2, -0.15) is 5.10 Å². The Morgan fingerprint density at radius 1 is 1.40 bits per heavy atom. The first-order chi connectivity index (χ1) is 9.69. The first-order valence-electron chi connectivity index (χ1n) is 7.06. The summed E-state index contributed by atoms with van der Waals surface area (Å²) in [7, 11) is 0. The van der Waals surface area contributed by atoms with Crippen LogP contribution in [0.3, 0.4) is 0 Å². The highest BCUT2D eigenvalue weighted by atomic mass is 16.5. The predicted molar refractivity (Wildman–Crippen MR) is 78.8 cm³/mol. The van der Waals surface area contributed by atoms with E-state index in [4.69, 9.17) is 4.74 Å². The number of hydrogen-bond donors (Lipinski definition) is 1. The Kier molecular flexibility index (Phi) is 5.12. The van der Waals surface area contributed by atoms with Gasteiger partial charge in [-0.1, -0.05) is 26.8 Å². The predicted octanol–water partition coefficient (Wildman–Crippen LogP) is 2.98. The summed E-state index contributed by atoms with van der Waals surface area (Å²) in [5.74, 6) is 1.36. The van der Waals surface area contributed by atoms with Crippen molar-refractivity contribution in [2.24, 2.45) is 0 Å². The van der Waals surface area contributed by atoms with Crippen molar-refractivity contribution in [3.8, 4) is 11.6 Å². The Morgan fingerprint density at radius 3 is 3.00 bits per heavy atom. The molecule has 2 aromatic heterocycles. The molecule has 1 N–H and O–H groups in total. The van der Waals surface area contributed by atoms with E-state index in [1.807, 2.05) is 23.0 Å². The molecule has 20 heavy (non-hydrogen) atoms. The number of hydrogen-bond acceptors (Lipinski definition) is 4. The van der Waals surface area contributed by atoms with Gasteiger partial charge in [0.25, 0.3) is 0 Å². The van der Waals surface area contributed by atoms with Crippen molar-refractivity contribution in [3.63, 3.8) is 0 Å². The van der Waals surface area contributed by atoms with Crippen LogP contribution < -0.4 is 10.1 Å². The minimum absolute atomic E-state index is 0.426. The molecule has 2 heterocycles. The molecular formula is C15H22N4O. The topological polar surface area (TPSA) is 52.0 Å². The molecule has 2 aromatic rings. The highest BCUT2D eigenvalue weighted by molar-refractivity contribution is 5.30. The number of aromatic nitrogens is 3. The van der Waals surface area contributed by atoms with Crippen LogP contribution in [0, 0.1) is 0 Å². The van der Waals surface area contributed by atoms with Crippen LogP contribution in [0.2, 0.25) is 0 Å². The van der Waals surface area contributed by atoms with Gasteiger partial charge in [0.05, 0.1) is 12.4 Å². The first-order valence-corrected chi connectivity index (χ1v) is 7.06. The van der Waals surface area contributed by atoms with Crippen LogP contribution in [-0.4, -0.2) is 20.8 Å². The molecule has 0 radical (unpaired) electrons. The summed E-state index contributed by atoms with van der Waals surface area (Å²) < 4.78 is 7.71. The fourth-order valence-electron chi connectivity index (χ4n) is 1.82. The first kappa shape index (κ1) is 14.5. The van der Waals surface area contributed by atoms with Crippen LogP contribution in [0.5, 0.6) is 11.6 Å². The van der Waals surface area contributed by atoms with Gasteiger partial charge < -0.3 is 10.1 Å². The summed E-state index contributed by atoms with van der Waals surface area (Å²) in [6.07, 6.45) is 6.42. The summed E-state index contributed by atoms with van der Waals surface area (Å²) in [6.45, 7) is 7.99. The van der Waals surface area contributed by atoms with E-state index in [9.17, 15) is 0 Å². The molecule has 0 spiro atoms. The standard InChI is InChI=1S/C15H22N4O/c1-4-8-19-11-14(10-18-19)20-15-13(6-5-7-16-15)9-17-12(2)3/h5-7,10-12,17H,4,8-9H2,1-3H3. The minimum atomic E-state index is 0.426. The molecule has 108 valence electrons. The van der Waals surface area contributed by atoms with E-state index in [1.54, 1.807) is 12.4 Å². The number of nitrogens with zero attached hydrogens (tertiary/aromatic N) is 3. The van der Waals surface area contributed by atoms with Crippen LogP contribution in [0.4, 0.5) is 0 Å². The van der Waals surface area contributed by atoms with Crippen molar-refractivity contribution in [2.75, 3.05) is 0 Å². The molecule has 5 heteroatoms. The Labute approximate surface area is 120 Å². The van der Waals surface area contributed by atoms with Crippen LogP contribution in [0.1, 0.15) is 32.8 Å². The smallest absolute Gasteiger partial charge is 0.223 e. The molecule has 0 bridgehead atoms. The van der Waals surface area contributed by atoms with E-state index in [0.717, 1.165) is 30.8 Å². The number of ether oxygens (including phenoxy) is 1. The third kappa shape index (κ3) is 4.06. The van der Waals surface area contributed by atoms with Crippen molar-refractivity contribution >= 4 is 0 Å². The third-order valence-electron chi connectivity index (χ3n) is 2.83. The highest BCUT2D eigenvalue weighted by Gasteiger charge is 2.08. The maximum atomic E-state index is 5.83. The summed E-state index contributed by atoms with van der Waals surface area (Å²) in [5.41, 5.74) is 1.05. The molecule has 0 aromatic carbocycles. The summed E-state index contributed by atoms with van der Waals surface area (Å²) in [5, 5.41) is 7.63. The third-order valence-corrected chi connectivity index (χ3v) is 2.83. The Morgan fingerprint density at radius 2 is 2.25 bits per heavy atom. The zero-order valence-corrected chi connectivity index (χ0v) is 12.3. The average Bonchev–Trinajstić information content (AvgIpc) is 2.85. The van der Waals surface area contributed by atoms with Crippen molar-refractivity contribution in [1.29, 1.82) is 0 Å². The molecule has 0 saturated carbocycles. The molecule has 0 aliphatic carbocycles. The lowest BCUT2D eigenvalue weighted by Gasteiger charge is -2.11. The molecule has 0 amide bonds.